The van der Waals surface area contributed by atoms with Crippen LogP contribution in [-0.4, -0.2) is 12.3 Å². The molecule has 0 bridgehead atoms. The second-order valence-corrected chi connectivity index (χ2v) is 4.07. The summed E-state index contributed by atoms with van der Waals surface area (Å²) < 4.78 is 13.7. The third kappa shape index (κ3) is 3.05. The molecule has 0 amide bonds. The van der Waals surface area contributed by atoms with Gasteiger partial charge in [0.05, 0.1) is 5.56 Å². The minimum atomic E-state index is -0.313. The minimum Gasteiger partial charge on any atom is -0.384 e. The minimum absolute atomic E-state index is 0.261. The molecular weight excluding hydrogens is 203 g/mol. The number of halogens is 1. The molecule has 0 atom stereocenters. The molecular formula is C13H19FN2. The maximum atomic E-state index is 13.7. The summed E-state index contributed by atoms with van der Waals surface area (Å²) in [6.45, 7) is 6.40. The van der Waals surface area contributed by atoms with Crippen molar-refractivity contribution in [3.05, 3.63) is 29.1 Å². The molecule has 0 aromatic heterocycles. The molecule has 2 N–H and O–H groups in total. The van der Waals surface area contributed by atoms with Crippen LogP contribution in [0.2, 0.25) is 0 Å². The third-order valence-electron chi connectivity index (χ3n) is 2.46. The molecule has 3 heteroatoms. The molecule has 0 fully saturated rings. The van der Waals surface area contributed by atoms with Crippen molar-refractivity contribution >= 4 is 11.4 Å². The van der Waals surface area contributed by atoms with Crippen LogP contribution in [0.3, 0.4) is 0 Å². The second-order valence-electron chi connectivity index (χ2n) is 4.07. The Bertz CT molecular complexity index is 386. The van der Waals surface area contributed by atoms with Gasteiger partial charge in [0.1, 0.15) is 5.82 Å². The quantitative estimate of drug-likeness (QED) is 0.578. The van der Waals surface area contributed by atoms with Crippen molar-refractivity contribution in [3.8, 4) is 0 Å². The van der Waals surface area contributed by atoms with Crippen LogP contribution in [-0.2, 0) is 0 Å². The second kappa shape index (κ2) is 5.64. The van der Waals surface area contributed by atoms with Gasteiger partial charge in [-0.25, -0.2) is 4.39 Å². The van der Waals surface area contributed by atoms with Gasteiger partial charge < -0.3 is 10.7 Å². The molecule has 0 spiro atoms. The zero-order valence-corrected chi connectivity index (χ0v) is 10.2. The average Bonchev–Trinajstić information content (AvgIpc) is 2.16. The van der Waals surface area contributed by atoms with E-state index in [9.17, 15) is 4.39 Å². The summed E-state index contributed by atoms with van der Waals surface area (Å²) in [5.74, 6) is -0.313. The fraction of sp³-hybridized carbons (Fsp3) is 0.462. The Hall–Kier alpha value is -1.38. The average molecular weight is 222 g/mol. The van der Waals surface area contributed by atoms with Gasteiger partial charge in [-0.1, -0.05) is 13.3 Å². The lowest BCUT2D eigenvalue weighted by Crippen LogP contribution is -2.08. The SMILES string of the molecule is CCCCNc1cc(C)cc(F)c1C(C)=N. The Morgan fingerprint density at radius 2 is 2.12 bits per heavy atom. The van der Waals surface area contributed by atoms with Crippen LogP contribution in [0.4, 0.5) is 10.1 Å². The van der Waals surface area contributed by atoms with E-state index in [1.165, 1.54) is 6.07 Å². The monoisotopic (exact) mass is 222 g/mol. The van der Waals surface area contributed by atoms with E-state index in [0.29, 0.717) is 5.56 Å². The largest absolute Gasteiger partial charge is 0.384 e. The molecule has 0 aliphatic rings. The third-order valence-corrected chi connectivity index (χ3v) is 2.46. The topological polar surface area (TPSA) is 35.9 Å². The highest BCUT2D eigenvalue weighted by Gasteiger charge is 2.11. The Balaban J connectivity index is 2.99. The number of unbranched alkanes of at least 4 members (excludes halogenated alkanes) is 1. The predicted octanol–water partition coefficient (Wildman–Crippen LogP) is 3.73. The Kier molecular flexibility index (Phi) is 4.47. The zero-order valence-electron chi connectivity index (χ0n) is 10.2. The van der Waals surface area contributed by atoms with Crippen molar-refractivity contribution in [2.45, 2.75) is 33.6 Å². The maximum Gasteiger partial charge on any atom is 0.134 e. The molecule has 0 saturated carbocycles. The Morgan fingerprint density at radius 3 is 2.69 bits per heavy atom. The van der Waals surface area contributed by atoms with Gasteiger partial charge in [-0.05, 0) is 38.0 Å². The number of anilines is 1. The van der Waals surface area contributed by atoms with Gasteiger partial charge in [0.25, 0.3) is 0 Å². The molecule has 2 nitrogen and oxygen atoms in total. The van der Waals surface area contributed by atoms with Crippen molar-refractivity contribution in [3.63, 3.8) is 0 Å². The molecule has 0 aliphatic carbocycles. The zero-order chi connectivity index (χ0) is 12.1. The summed E-state index contributed by atoms with van der Waals surface area (Å²) in [7, 11) is 0. The van der Waals surface area contributed by atoms with Crippen molar-refractivity contribution in [1.29, 1.82) is 5.41 Å². The number of rotatable bonds is 5. The molecule has 1 rings (SSSR count). The number of aryl methyl sites for hydroxylation is 1. The van der Waals surface area contributed by atoms with Gasteiger partial charge in [0.15, 0.2) is 0 Å². The van der Waals surface area contributed by atoms with Crippen LogP contribution in [0.1, 0.15) is 37.8 Å². The van der Waals surface area contributed by atoms with Crippen LogP contribution in [0, 0.1) is 18.2 Å². The van der Waals surface area contributed by atoms with Crippen molar-refractivity contribution in [2.75, 3.05) is 11.9 Å². The molecule has 16 heavy (non-hydrogen) atoms. The summed E-state index contributed by atoms with van der Waals surface area (Å²) >= 11 is 0. The van der Waals surface area contributed by atoms with Gasteiger partial charge in [-0.15, -0.1) is 0 Å². The fourth-order valence-electron chi connectivity index (χ4n) is 1.66. The van der Waals surface area contributed by atoms with Crippen LogP contribution in [0.25, 0.3) is 0 Å². The van der Waals surface area contributed by atoms with Crippen molar-refractivity contribution in [1.82, 2.24) is 0 Å². The lowest BCUT2D eigenvalue weighted by atomic mass is 10.0. The van der Waals surface area contributed by atoms with E-state index in [-0.39, 0.29) is 11.5 Å². The van der Waals surface area contributed by atoms with Crippen molar-refractivity contribution in [2.24, 2.45) is 0 Å². The van der Waals surface area contributed by atoms with Gasteiger partial charge in [0.2, 0.25) is 0 Å². The first kappa shape index (κ1) is 12.7. The predicted molar refractivity (Wildman–Crippen MR) is 67.0 cm³/mol. The van der Waals surface area contributed by atoms with Crippen molar-refractivity contribution < 1.29 is 4.39 Å². The van der Waals surface area contributed by atoms with Crippen LogP contribution in [0.5, 0.6) is 0 Å². The first-order chi connectivity index (χ1) is 7.56. The van der Waals surface area contributed by atoms with E-state index in [2.05, 4.69) is 12.2 Å². The highest BCUT2D eigenvalue weighted by molar-refractivity contribution is 6.01. The Labute approximate surface area is 96.4 Å². The summed E-state index contributed by atoms with van der Waals surface area (Å²) in [5.41, 5.74) is 2.26. The van der Waals surface area contributed by atoms with E-state index in [0.717, 1.165) is 30.6 Å². The standard InChI is InChI=1S/C13H19FN2/c1-4-5-6-16-12-8-9(2)7-11(14)13(12)10(3)15/h7-8,15-16H,4-6H2,1-3H3. The lowest BCUT2D eigenvalue weighted by molar-refractivity contribution is 0.624. The smallest absolute Gasteiger partial charge is 0.134 e. The van der Waals surface area contributed by atoms with Gasteiger partial charge in [-0.3, -0.25) is 0 Å². The number of benzene rings is 1. The van der Waals surface area contributed by atoms with Crippen LogP contribution >= 0.6 is 0 Å². The van der Waals surface area contributed by atoms with E-state index in [1.807, 2.05) is 13.0 Å². The van der Waals surface area contributed by atoms with Gasteiger partial charge in [0, 0.05) is 17.9 Å². The summed E-state index contributed by atoms with van der Waals surface area (Å²) in [5, 5.41) is 10.8. The first-order valence-corrected chi connectivity index (χ1v) is 5.65. The molecule has 0 aliphatic heterocycles. The fourth-order valence-corrected chi connectivity index (χ4v) is 1.66. The first-order valence-electron chi connectivity index (χ1n) is 5.65. The van der Waals surface area contributed by atoms with Crippen LogP contribution in [0.15, 0.2) is 12.1 Å². The highest BCUT2D eigenvalue weighted by atomic mass is 19.1. The lowest BCUT2D eigenvalue weighted by Gasteiger charge is -2.13. The summed E-state index contributed by atoms with van der Waals surface area (Å²) in [6.07, 6.45) is 2.15. The molecule has 0 saturated heterocycles. The Morgan fingerprint density at radius 1 is 1.44 bits per heavy atom. The summed E-state index contributed by atoms with van der Waals surface area (Å²) in [6, 6.07) is 3.37. The summed E-state index contributed by atoms with van der Waals surface area (Å²) in [4.78, 5) is 0. The van der Waals surface area contributed by atoms with E-state index < -0.39 is 0 Å². The van der Waals surface area contributed by atoms with E-state index in [1.54, 1.807) is 6.92 Å². The number of hydrogen-bond acceptors (Lipinski definition) is 2. The normalized spacial score (nSPS) is 10.2. The molecule has 0 radical (unpaired) electrons. The van der Waals surface area contributed by atoms with E-state index in [4.69, 9.17) is 5.41 Å². The molecule has 0 heterocycles. The van der Waals surface area contributed by atoms with Gasteiger partial charge >= 0.3 is 0 Å². The molecule has 1 aromatic rings. The number of hydrogen-bond donors (Lipinski definition) is 2. The molecule has 0 unspecified atom stereocenters. The van der Waals surface area contributed by atoms with Gasteiger partial charge in [-0.2, -0.15) is 0 Å². The molecule has 88 valence electrons. The maximum absolute atomic E-state index is 13.7. The van der Waals surface area contributed by atoms with E-state index >= 15 is 0 Å². The number of nitrogens with one attached hydrogen (secondary N) is 2. The van der Waals surface area contributed by atoms with Crippen LogP contribution < -0.4 is 5.32 Å². The highest BCUT2D eigenvalue weighted by Crippen LogP contribution is 2.22. The molecule has 1 aromatic carbocycles.